The van der Waals surface area contributed by atoms with Crippen molar-refractivity contribution in [2.45, 2.75) is 80.1 Å². The second-order valence-electron chi connectivity index (χ2n) is 14.0. The van der Waals surface area contributed by atoms with E-state index in [1.165, 1.54) is 11.1 Å². The second-order valence-corrected chi connectivity index (χ2v) is 14.0. The molecular weight excluding hydrogens is 540 g/mol. The zero-order valence-corrected chi connectivity index (χ0v) is 27.8. The van der Waals surface area contributed by atoms with Crippen molar-refractivity contribution in [3.8, 4) is 33.6 Å². The quantitative estimate of drug-likeness (QED) is 0.186. The lowest BCUT2D eigenvalue weighted by atomic mass is 9.86. The monoisotopic (exact) mass is 584 g/mol. The van der Waals surface area contributed by atoms with Gasteiger partial charge in [0, 0.05) is 57.4 Å². The third-order valence-electron chi connectivity index (χ3n) is 8.74. The summed E-state index contributed by atoms with van der Waals surface area (Å²) in [6.07, 6.45) is 4.14. The lowest BCUT2D eigenvalue weighted by Gasteiger charge is -2.19. The summed E-state index contributed by atoms with van der Waals surface area (Å²) in [5, 5.41) is 0. The molecule has 4 heteroatoms. The van der Waals surface area contributed by atoms with Crippen molar-refractivity contribution >= 4 is 11.6 Å². The van der Waals surface area contributed by atoms with Crippen molar-refractivity contribution in [3.05, 3.63) is 119 Å². The molecule has 0 saturated carbocycles. The fraction of sp³-hybridized carbons (Fsp3) is 0.300. The minimum atomic E-state index is 0.0514. The van der Waals surface area contributed by atoms with Crippen LogP contribution in [0.3, 0.4) is 0 Å². The van der Waals surface area contributed by atoms with Gasteiger partial charge >= 0.3 is 0 Å². The van der Waals surface area contributed by atoms with Crippen LogP contribution in [0.4, 0.5) is 0 Å². The molecule has 0 aliphatic heterocycles. The Hall–Kier alpha value is -4.44. The van der Waals surface area contributed by atoms with Gasteiger partial charge in [-0.1, -0.05) is 90.1 Å². The van der Waals surface area contributed by atoms with Crippen molar-refractivity contribution in [2.24, 2.45) is 0 Å². The van der Waals surface area contributed by atoms with Gasteiger partial charge in [0.2, 0.25) is 0 Å². The van der Waals surface area contributed by atoms with Gasteiger partial charge < -0.3 is 9.13 Å². The van der Waals surface area contributed by atoms with Crippen LogP contribution in [0, 0.1) is 13.8 Å². The third kappa shape index (κ3) is 5.74. The Bertz CT molecular complexity index is 1710. The van der Waals surface area contributed by atoms with Crippen molar-refractivity contribution in [1.82, 2.24) is 9.13 Å². The molecule has 2 aromatic heterocycles. The first-order valence-electron chi connectivity index (χ1n) is 15.4. The molecule has 0 bridgehead atoms. The number of ketones is 2. The molecule has 0 unspecified atom stereocenters. The summed E-state index contributed by atoms with van der Waals surface area (Å²) in [7, 11) is 0. The van der Waals surface area contributed by atoms with Crippen LogP contribution >= 0.6 is 0 Å². The first-order chi connectivity index (χ1) is 20.6. The van der Waals surface area contributed by atoms with Gasteiger partial charge in [-0.25, -0.2) is 0 Å². The van der Waals surface area contributed by atoms with Crippen LogP contribution in [0.2, 0.25) is 0 Å². The summed E-state index contributed by atoms with van der Waals surface area (Å²) in [4.78, 5) is 25.7. The molecule has 4 nitrogen and oxygen atoms in total. The first kappa shape index (κ1) is 31.0. The van der Waals surface area contributed by atoms with E-state index in [2.05, 4.69) is 136 Å². The van der Waals surface area contributed by atoms with Gasteiger partial charge in [-0.05, 0) is 85.0 Å². The Balaban J connectivity index is 1.53. The summed E-state index contributed by atoms with van der Waals surface area (Å²) in [6.45, 7) is 20.5. The highest BCUT2D eigenvalue weighted by Crippen LogP contribution is 2.35. The molecule has 5 aromatic rings. The zero-order valence-electron chi connectivity index (χ0n) is 27.8. The average molecular weight is 585 g/mol. The summed E-state index contributed by atoms with van der Waals surface area (Å²) >= 11 is 0. The Morgan fingerprint density at radius 2 is 0.795 bits per heavy atom. The molecule has 0 saturated heterocycles. The van der Waals surface area contributed by atoms with Crippen molar-refractivity contribution in [2.75, 3.05) is 0 Å². The van der Waals surface area contributed by atoms with E-state index in [1.54, 1.807) is 13.8 Å². The summed E-state index contributed by atoms with van der Waals surface area (Å²) < 4.78 is 4.19. The number of hydrogen-bond donors (Lipinski definition) is 0. The van der Waals surface area contributed by atoms with E-state index in [0.717, 1.165) is 56.1 Å². The van der Waals surface area contributed by atoms with Gasteiger partial charge in [0.1, 0.15) is 0 Å². The van der Waals surface area contributed by atoms with Gasteiger partial charge in [-0.2, -0.15) is 0 Å². The van der Waals surface area contributed by atoms with E-state index >= 15 is 0 Å². The summed E-state index contributed by atoms with van der Waals surface area (Å²) in [5.74, 6) is 0.103. The van der Waals surface area contributed by atoms with Crippen molar-refractivity contribution in [1.29, 1.82) is 0 Å². The summed E-state index contributed by atoms with van der Waals surface area (Å²) in [5.41, 5.74) is 11.8. The molecule has 0 radical (unpaired) electrons. The van der Waals surface area contributed by atoms with Gasteiger partial charge in [-0.15, -0.1) is 0 Å². The van der Waals surface area contributed by atoms with Crippen LogP contribution in [0.1, 0.15) is 98.6 Å². The standard InChI is InChI=1S/C40H44N2O2/c1-25-37(27(3)43)35(29-11-15-31(16-12-29)39(5,6)7)23-41(25)33-19-21-34(22-20-33)42-24-36(38(26(42)2)28(4)44)30-13-17-32(18-14-30)40(8,9)10/h11-24H,1-10H3. The molecule has 0 atom stereocenters. The number of hydrogen-bond acceptors (Lipinski definition) is 2. The zero-order chi connectivity index (χ0) is 32.1. The Morgan fingerprint density at radius 1 is 0.500 bits per heavy atom. The predicted molar refractivity (Wildman–Crippen MR) is 183 cm³/mol. The lowest BCUT2D eigenvalue weighted by Crippen LogP contribution is -2.10. The maximum atomic E-state index is 12.8. The van der Waals surface area contributed by atoms with Gasteiger partial charge in [0.05, 0.1) is 0 Å². The van der Waals surface area contributed by atoms with Gasteiger partial charge in [-0.3, -0.25) is 9.59 Å². The topological polar surface area (TPSA) is 44.0 Å². The summed E-state index contributed by atoms with van der Waals surface area (Å²) in [6, 6.07) is 25.4. The molecule has 0 N–H and O–H groups in total. The van der Waals surface area contributed by atoms with E-state index in [4.69, 9.17) is 0 Å². The Morgan fingerprint density at radius 3 is 1.05 bits per heavy atom. The minimum absolute atomic E-state index is 0.0514. The Kier molecular flexibility index (Phi) is 7.92. The van der Waals surface area contributed by atoms with E-state index in [1.807, 2.05) is 13.8 Å². The lowest BCUT2D eigenvalue weighted by molar-refractivity contribution is 0.100. The molecule has 2 heterocycles. The highest BCUT2D eigenvalue weighted by molar-refractivity contribution is 6.03. The Labute approximate surface area is 262 Å². The molecule has 0 aliphatic rings. The number of aromatic nitrogens is 2. The van der Waals surface area contributed by atoms with Crippen molar-refractivity contribution in [3.63, 3.8) is 0 Å². The first-order valence-corrected chi connectivity index (χ1v) is 15.4. The normalized spacial score (nSPS) is 12.0. The number of benzene rings is 3. The van der Waals surface area contributed by atoms with E-state index in [0.29, 0.717) is 0 Å². The molecule has 5 rings (SSSR count). The van der Waals surface area contributed by atoms with Crippen LogP contribution < -0.4 is 0 Å². The number of rotatable bonds is 6. The fourth-order valence-electron chi connectivity index (χ4n) is 6.15. The predicted octanol–water partition coefficient (Wildman–Crippen LogP) is 10.2. The van der Waals surface area contributed by atoms with E-state index < -0.39 is 0 Å². The largest absolute Gasteiger partial charge is 0.320 e. The molecule has 226 valence electrons. The van der Waals surface area contributed by atoms with Crippen LogP contribution in [0.5, 0.6) is 0 Å². The van der Waals surface area contributed by atoms with Crippen LogP contribution in [0.15, 0.2) is 85.2 Å². The fourth-order valence-corrected chi connectivity index (χ4v) is 6.15. The van der Waals surface area contributed by atoms with Crippen LogP contribution in [0.25, 0.3) is 33.6 Å². The average Bonchev–Trinajstić information content (AvgIpc) is 3.49. The van der Waals surface area contributed by atoms with E-state index in [9.17, 15) is 9.59 Å². The highest BCUT2D eigenvalue weighted by Gasteiger charge is 2.22. The highest BCUT2D eigenvalue weighted by atomic mass is 16.1. The number of nitrogens with zero attached hydrogens (tertiary/aromatic N) is 2. The second kappa shape index (κ2) is 11.2. The van der Waals surface area contributed by atoms with E-state index in [-0.39, 0.29) is 22.4 Å². The molecule has 0 spiro atoms. The van der Waals surface area contributed by atoms with Crippen molar-refractivity contribution < 1.29 is 9.59 Å². The maximum Gasteiger partial charge on any atom is 0.162 e. The van der Waals surface area contributed by atoms with Gasteiger partial charge in [0.15, 0.2) is 11.6 Å². The number of carbonyl (C=O) groups is 2. The molecule has 0 amide bonds. The smallest absolute Gasteiger partial charge is 0.162 e. The minimum Gasteiger partial charge on any atom is -0.320 e. The molecule has 0 fully saturated rings. The molecule has 44 heavy (non-hydrogen) atoms. The number of Topliss-reactive ketones (excluding diaryl/α,β-unsaturated/α-hetero) is 2. The van der Waals surface area contributed by atoms with Gasteiger partial charge in [0.25, 0.3) is 0 Å². The maximum absolute atomic E-state index is 12.8. The number of carbonyl (C=O) groups excluding carboxylic acids is 2. The van der Waals surface area contributed by atoms with Crippen LogP contribution in [-0.4, -0.2) is 20.7 Å². The van der Waals surface area contributed by atoms with Crippen LogP contribution in [-0.2, 0) is 10.8 Å². The molecular formula is C40H44N2O2. The molecule has 3 aromatic carbocycles. The molecule has 0 aliphatic carbocycles. The SMILES string of the molecule is CC(=O)c1c(-c2ccc(C(C)(C)C)cc2)cn(-c2ccc(-n3cc(-c4ccc(C(C)(C)C)cc4)c(C(C)=O)c3C)cc2)c1C. The third-order valence-corrected chi connectivity index (χ3v) is 8.74.